The largest absolute Gasteiger partial charge is 0.247 e. The number of nitrogens with zero attached hydrogens (tertiary/aromatic N) is 6. The van der Waals surface area contributed by atoms with Crippen LogP contribution in [0.2, 0.25) is 0 Å². The van der Waals surface area contributed by atoms with Crippen LogP contribution in [0, 0.1) is 17.8 Å². The van der Waals surface area contributed by atoms with Gasteiger partial charge in [-0.1, -0.05) is 176 Å². The van der Waals surface area contributed by atoms with Crippen molar-refractivity contribution in [3.63, 3.8) is 0 Å². The van der Waals surface area contributed by atoms with Crippen LogP contribution in [-0.2, 0) is 16.4 Å². The molecule has 7 heteroatoms. The van der Waals surface area contributed by atoms with E-state index < -0.39 is 0 Å². The first kappa shape index (κ1) is 47.2. The van der Waals surface area contributed by atoms with Crippen molar-refractivity contribution < 1.29 is 0 Å². The molecular weight excluding hydrogens is 627 g/mol. The topological polar surface area (TPSA) is 85.2 Å². The van der Waals surface area contributed by atoms with Gasteiger partial charge in [0.1, 0.15) is 0 Å². The van der Waals surface area contributed by atoms with Crippen molar-refractivity contribution in [2.75, 3.05) is 0 Å². The molecule has 1 N–H and O–H groups in total. The number of nitrogens with one attached hydrogen (secondary N) is 1. The van der Waals surface area contributed by atoms with Gasteiger partial charge < -0.3 is 0 Å². The summed E-state index contributed by atoms with van der Waals surface area (Å²) in [5, 5.41) is 21.8. The van der Waals surface area contributed by atoms with E-state index in [-0.39, 0.29) is 16.4 Å². The first-order valence-electron chi connectivity index (χ1n) is 18.8. The van der Waals surface area contributed by atoms with E-state index in [4.69, 9.17) is 0 Å². The van der Waals surface area contributed by atoms with Crippen LogP contribution in [0.25, 0.3) is 0 Å². The van der Waals surface area contributed by atoms with Gasteiger partial charge in [-0.3, -0.25) is 0 Å². The summed E-state index contributed by atoms with van der Waals surface area (Å²) < 4.78 is 1.91. The Labute approximate surface area is 313 Å². The number of benzene rings is 2. The summed E-state index contributed by atoms with van der Waals surface area (Å²) in [6, 6.07) is 17.5. The molecular formula is C44H73N7. The molecule has 0 amide bonds. The fourth-order valence-corrected chi connectivity index (χ4v) is 3.86. The molecule has 0 aliphatic carbocycles. The normalized spacial score (nSPS) is 11.3. The number of hydrogen-bond acceptors (Lipinski definition) is 5. The summed E-state index contributed by atoms with van der Waals surface area (Å²) >= 11 is 0. The number of H-pyrrole nitrogens is 1. The van der Waals surface area contributed by atoms with Gasteiger partial charge in [0.2, 0.25) is 0 Å². The van der Waals surface area contributed by atoms with Crippen molar-refractivity contribution in [1.82, 2.24) is 35.6 Å². The molecule has 0 spiro atoms. The predicted octanol–water partition coefficient (Wildman–Crippen LogP) is 12.0. The number of hydrogen-bond donors (Lipinski definition) is 1. The van der Waals surface area contributed by atoms with Crippen LogP contribution >= 0.6 is 0 Å². The molecule has 51 heavy (non-hydrogen) atoms. The number of rotatable bonds is 3. The van der Waals surface area contributed by atoms with Gasteiger partial charge in [-0.2, -0.15) is 5.21 Å². The van der Waals surface area contributed by atoms with Gasteiger partial charge in [-0.25, -0.2) is 4.68 Å². The minimum Gasteiger partial charge on any atom is -0.247 e. The average Bonchev–Trinajstić information content (AvgIpc) is 3.75. The molecule has 4 rings (SSSR count). The van der Waals surface area contributed by atoms with Gasteiger partial charge in [0.15, 0.2) is 5.82 Å². The predicted molar refractivity (Wildman–Crippen MR) is 219 cm³/mol. The third kappa shape index (κ3) is 20.0. The monoisotopic (exact) mass is 700 g/mol. The minimum atomic E-state index is 0.00694. The fourth-order valence-electron chi connectivity index (χ4n) is 3.86. The first-order valence-corrected chi connectivity index (χ1v) is 18.8. The molecule has 0 aliphatic rings. The third-order valence-corrected chi connectivity index (χ3v) is 7.32. The zero-order valence-corrected chi connectivity index (χ0v) is 35.9. The Morgan fingerprint density at radius 3 is 1.27 bits per heavy atom. The SMILES string of the molecule is CC(C)(C)c1cn(C(C)(C)C)nn1.CC(C)(C)c1nn[nH]n1.CC(C)C#Cc1ccc(C(C)C)cc1.CC(C)c1ccc(C(C)C)cc1.CCC. The van der Waals surface area contributed by atoms with Crippen molar-refractivity contribution in [3.8, 4) is 11.8 Å². The highest BCUT2D eigenvalue weighted by Gasteiger charge is 2.21. The Balaban J connectivity index is 0.000000642. The number of aromatic amines is 1. The number of tetrazole rings is 1. The van der Waals surface area contributed by atoms with Gasteiger partial charge in [0, 0.05) is 28.5 Å². The Morgan fingerprint density at radius 2 is 1.04 bits per heavy atom. The summed E-state index contributed by atoms with van der Waals surface area (Å²) in [5.41, 5.74) is 6.51. The van der Waals surface area contributed by atoms with Crippen LogP contribution in [0.5, 0.6) is 0 Å². The van der Waals surface area contributed by atoms with E-state index in [2.05, 4.69) is 202 Å². The maximum Gasteiger partial charge on any atom is 0.179 e. The van der Waals surface area contributed by atoms with Crippen LogP contribution in [0.1, 0.15) is 189 Å². The summed E-state index contributed by atoms with van der Waals surface area (Å²) in [6.45, 7) is 40.7. The second-order valence-electron chi connectivity index (χ2n) is 17.3. The third-order valence-electron chi connectivity index (χ3n) is 7.32. The molecule has 2 heterocycles. The van der Waals surface area contributed by atoms with E-state index in [1.807, 2.05) is 31.6 Å². The van der Waals surface area contributed by atoms with E-state index in [0.29, 0.717) is 23.7 Å². The van der Waals surface area contributed by atoms with Gasteiger partial charge >= 0.3 is 0 Å². The van der Waals surface area contributed by atoms with E-state index >= 15 is 0 Å². The van der Waals surface area contributed by atoms with Crippen molar-refractivity contribution in [2.24, 2.45) is 5.92 Å². The summed E-state index contributed by atoms with van der Waals surface area (Å²) in [4.78, 5) is 0. The van der Waals surface area contributed by atoms with E-state index in [1.165, 1.54) is 23.1 Å². The van der Waals surface area contributed by atoms with E-state index in [1.54, 1.807) is 0 Å². The van der Waals surface area contributed by atoms with Gasteiger partial charge in [-0.15, -0.1) is 15.3 Å². The molecule has 0 aliphatic heterocycles. The lowest BCUT2D eigenvalue weighted by atomic mass is 9.93. The van der Waals surface area contributed by atoms with Gasteiger partial charge in [-0.05, 0) is 67.3 Å². The Hall–Kier alpha value is -3.79. The lowest BCUT2D eigenvalue weighted by Gasteiger charge is -2.18. The molecule has 0 saturated carbocycles. The fraction of sp³-hybridized carbons (Fsp3) is 0.614. The minimum absolute atomic E-state index is 0.00694. The molecule has 0 atom stereocenters. The van der Waals surface area contributed by atoms with E-state index in [9.17, 15) is 0 Å². The summed E-state index contributed by atoms with van der Waals surface area (Å²) in [7, 11) is 0. The summed E-state index contributed by atoms with van der Waals surface area (Å²) in [5.74, 6) is 9.41. The smallest absolute Gasteiger partial charge is 0.179 e. The quantitative estimate of drug-likeness (QED) is 0.215. The molecule has 4 aromatic rings. The summed E-state index contributed by atoms with van der Waals surface area (Å²) in [6.07, 6.45) is 3.28. The van der Waals surface area contributed by atoms with Crippen molar-refractivity contribution in [3.05, 3.63) is 88.5 Å². The highest BCUT2D eigenvalue weighted by atomic mass is 15.5. The molecule has 284 valence electrons. The molecule has 0 unspecified atom stereocenters. The molecule has 0 saturated heterocycles. The molecule has 0 bridgehead atoms. The highest BCUT2D eigenvalue weighted by Crippen LogP contribution is 2.22. The first-order chi connectivity index (χ1) is 23.4. The standard InChI is InChI=1S/C14H18.C12H18.C10H19N3.C5H10N4.C3H8/c1-11(2)5-6-13-7-9-14(10-8-13)12(3)4;1-9(2)11-5-7-12(8-6-11)10(3)4;1-9(2,3)8-7-13(12-11-8)10(4,5)6;1-5(2,3)4-6-8-9-7-4;1-3-2/h7-12H,1-4H3;5-10H,1-4H3;7H,1-6H3;1-3H3,(H,6,7,8,9);3H2,1-2H3. The molecule has 2 aromatic heterocycles. The van der Waals surface area contributed by atoms with Crippen molar-refractivity contribution >= 4 is 0 Å². The Morgan fingerprint density at radius 1 is 0.627 bits per heavy atom. The Kier molecular flexibility index (Phi) is 20.6. The van der Waals surface area contributed by atoms with Gasteiger partial charge in [0.05, 0.1) is 11.2 Å². The zero-order chi connectivity index (χ0) is 39.6. The zero-order valence-electron chi connectivity index (χ0n) is 35.9. The van der Waals surface area contributed by atoms with Crippen LogP contribution in [0.3, 0.4) is 0 Å². The molecule has 2 aromatic carbocycles. The van der Waals surface area contributed by atoms with Crippen LogP contribution in [-0.4, -0.2) is 35.6 Å². The second kappa shape index (κ2) is 22.2. The van der Waals surface area contributed by atoms with Crippen LogP contribution < -0.4 is 0 Å². The molecule has 0 fully saturated rings. The lowest BCUT2D eigenvalue weighted by molar-refractivity contribution is 0.346. The van der Waals surface area contributed by atoms with Gasteiger partial charge in [0.25, 0.3) is 0 Å². The Bertz CT molecular complexity index is 1450. The number of aromatic nitrogens is 7. The molecule has 7 nitrogen and oxygen atoms in total. The van der Waals surface area contributed by atoms with Crippen molar-refractivity contribution in [2.45, 2.75) is 172 Å². The van der Waals surface area contributed by atoms with Crippen molar-refractivity contribution in [1.29, 1.82) is 0 Å². The van der Waals surface area contributed by atoms with E-state index in [0.717, 1.165) is 17.1 Å². The van der Waals surface area contributed by atoms with Crippen LogP contribution in [0.4, 0.5) is 0 Å². The van der Waals surface area contributed by atoms with Crippen LogP contribution in [0.15, 0.2) is 54.7 Å². The maximum absolute atomic E-state index is 4.17. The molecule has 0 radical (unpaired) electrons. The maximum atomic E-state index is 4.17. The average molecular weight is 700 g/mol. The lowest BCUT2D eigenvalue weighted by Crippen LogP contribution is -2.22. The second-order valence-corrected chi connectivity index (χ2v) is 17.3. The highest BCUT2D eigenvalue weighted by molar-refractivity contribution is 5.37.